The fourth-order valence-corrected chi connectivity index (χ4v) is 1.03. The average molecular weight is 204 g/mol. The Balaban J connectivity index is 2.73. The maximum Gasteiger partial charge on any atom is 0.328 e. The Kier molecular flexibility index (Phi) is 4.16. The molecule has 0 fully saturated rings. The van der Waals surface area contributed by atoms with Crippen molar-refractivity contribution in [1.82, 2.24) is 0 Å². The SMILES string of the molecule is C=CCOc1cccc(/C=C/C(=O)O)c1. The van der Waals surface area contributed by atoms with E-state index < -0.39 is 5.97 Å². The molecule has 0 aliphatic rings. The summed E-state index contributed by atoms with van der Waals surface area (Å²) in [5.74, 6) is -0.269. The van der Waals surface area contributed by atoms with Gasteiger partial charge in [0.1, 0.15) is 12.4 Å². The number of aliphatic carboxylic acids is 1. The van der Waals surface area contributed by atoms with Crippen LogP contribution in [-0.4, -0.2) is 17.7 Å². The first kappa shape index (κ1) is 11.0. The number of benzene rings is 1. The first-order chi connectivity index (χ1) is 7.22. The molecule has 0 aromatic heterocycles. The van der Waals surface area contributed by atoms with Crippen LogP contribution < -0.4 is 4.74 Å². The van der Waals surface area contributed by atoms with Gasteiger partial charge in [-0.3, -0.25) is 0 Å². The van der Waals surface area contributed by atoms with Gasteiger partial charge in [-0.05, 0) is 23.8 Å². The zero-order chi connectivity index (χ0) is 11.1. The van der Waals surface area contributed by atoms with Crippen molar-refractivity contribution in [2.45, 2.75) is 0 Å². The van der Waals surface area contributed by atoms with Crippen LogP contribution in [0.1, 0.15) is 5.56 Å². The molecular weight excluding hydrogens is 192 g/mol. The summed E-state index contributed by atoms with van der Waals surface area (Å²) in [5.41, 5.74) is 0.791. The molecule has 78 valence electrons. The van der Waals surface area contributed by atoms with Crippen LogP contribution in [0.15, 0.2) is 43.0 Å². The highest BCUT2D eigenvalue weighted by Gasteiger charge is 1.93. The van der Waals surface area contributed by atoms with Crippen molar-refractivity contribution in [2.75, 3.05) is 6.61 Å². The third-order valence-electron chi connectivity index (χ3n) is 1.64. The van der Waals surface area contributed by atoms with E-state index in [0.717, 1.165) is 11.6 Å². The predicted octanol–water partition coefficient (Wildman–Crippen LogP) is 2.35. The van der Waals surface area contributed by atoms with Gasteiger partial charge in [-0.1, -0.05) is 24.8 Å². The third kappa shape index (κ3) is 4.13. The minimum absolute atomic E-state index is 0.437. The zero-order valence-corrected chi connectivity index (χ0v) is 8.22. The molecule has 0 saturated heterocycles. The van der Waals surface area contributed by atoms with E-state index in [4.69, 9.17) is 9.84 Å². The summed E-state index contributed by atoms with van der Waals surface area (Å²) < 4.78 is 5.30. The van der Waals surface area contributed by atoms with E-state index in [9.17, 15) is 4.79 Å². The minimum atomic E-state index is -0.965. The molecule has 0 aliphatic carbocycles. The van der Waals surface area contributed by atoms with E-state index in [1.807, 2.05) is 6.07 Å². The van der Waals surface area contributed by atoms with Crippen LogP contribution in [-0.2, 0) is 4.79 Å². The van der Waals surface area contributed by atoms with Gasteiger partial charge in [-0.2, -0.15) is 0 Å². The topological polar surface area (TPSA) is 46.5 Å². The Labute approximate surface area is 88.3 Å². The Morgan fingerprint density at radius 2 is 2.33 bits per heavy atom. The van der Waals surface area contributed by atoms with Crippen molar-refractivity contribution in [3.05, 3.63) is 48.6 Å². The van der Waals surface area contributed by atoms with E-state index in [0.29, 0.717) is 12.4 Å². The summed E-state index contributed by atoms with van der Waals surface area (Å²) in [4.78, 5) is 10.3. The van der Waals surface area contributed by atoms with Gasteiger partial charge in [0.25, 0.3) is 0 Å². The molecule has 0 amide bonds. The standard InChI is InChI=1S/C12H12O3/c1-2-8-15-11-5-3-4-10(9-11)6-7-12(13)14/h2-7,9H,1,8H2,(H,13,14)/b7-6+. The van der Waals surface area contributed by atoms with E-state index in [-0.39, 0.29) is 0 Å². The van der Waals surface area contributed by atoms with Crippen LogP contribution in [0.3, 0.4) is 0 Å². The summed E-state index contributed by atoms with van der Waals surface area (Å²) in [6, 6.07) is 7.19. The minimum Gasteiger partial charge on any atom is -0.490 e. The summed E-state index contributed by atoms with van der Waals surface area (Å²) in [6.45, 7) is 3.98. The van der Waals surface area contributed by atoms with Crippen molar-refractivity contribution >= 4 is 12.0 Å². The van der Waals surface area contributed by atoms with E-state index in [2.05, 4.69) is 6.58 Å². The lowest BCUT2D eigenvalue weighted by Gasteiger charge is -2.03. The summed E-state index contributed by atoms with van der Waals surface area (Å²) in [6.07, 6.45) is 4.26. The molecule has 3 heteroatoms. The second-order valence-electron chi connectivity index (χ2n) is 2.84. The van der Waals surface area contributed by atoms with Crippen LogP contribution >= 0.6 is 0 Å². The van der Waals surface area contributed by atoms with Gasteiger partial charge >= 0.3 is 5.97 Å². The lowest BCUT2D eigenvalue weighted by molar-refractivity contribution is -0.131. The Morgan fingerprint density at radius 1 is 1.53 bits per heavy atom. The number of rotatable bonds is 5. The molecule has 0 radical (unpaired) electrons. The highest BCUT2D eigenvalue weighted by molar-refractivity contribution is 5.85. The molecule has 0 aliphatic heterocycles. The molecule has 1 rings (SSSR count). The van der Waals surface area contributed by atoms with Crippen molar-refractivity contribution < 1.29 is 14.6 Å². The molecule has 0 unspecified atom stereocenters. The lowest BCUT2D eigenvalue weighted by Crippen LogP contribution is -1.92. The van der Waals surface area contributed by atoms with Crippen LogP contribution in [0, 0.1) is 0 Å². The van der Waals surface area contributed by atoms with Gasteiger partial charge in [0.05, 0.1) is 0 Å². The van der Waals surface area contributed by atoms with Crippen molar-refractivity contribution in [2.24, 2.45) is 0 Å². The summed E-state index contributed by atoms with van der Waals surface area (Å²) >= 11 is 0. The highest BCUT2D eigenvalue weighted by Crippen LogP contribution is 2.14. The van der Waals surface area contributed by atoms with Gasteiger partial charge in [0.15, 0.2) is 0 Å². The second kappa shape index (κ2) is 5.65. The number of hydrogen-bond donors (Lipinski definition) is 1. The van der Waals surface area contributed by atoms with E-state index in [1.54, 1.807) is 24.3 Å². The molecular formula is C12H12O3. The highest BCUT2D eigenvalue weighted by atomic mass is 16.5. The third-order valence-corrected chi connectivity index (χ3v) is 1.64. The molecule has 0 saturated carbocycles. The van der Waals surface area contributed by atoms with Gasteiger partial charge in [0.2, 0.25) is 0 Å². The number of hydrogen-bond acceptors (Lipinski definition) is 2. The molecule has 0 heterocycles. The van der Waals surface area contributed by atoms with Crippen LogP contribution in [0.25, 0.3) is 6.08 Å². The molecule has 3 nitrogen and oxygen atoms in total. The number of carboxylic acids is 1. The molecule has 0 spiro atoms. The molecule has 0 atom stereocenters. The maximum absolute atomic E-state index is 10.3. The number of ether oxygens (including phenoxy) is 1. The lowest BCUT2D eigenvalue weighted by atomic mass is 10.2. The fraction of sp³-hybridized carbons (Fsp3) is 0.0833. The second-order valence-corrected chi connectivity index (χ2v) is 2.84. The zero-order valence-electron chi connectivity index (χ0n) is 8.22. The van der Waals surface area contributed by atoms with Crippen molar-refractivity contribution in [3.8, 4) is 5.75 Å². The first-order valence-electron chi connectivity index (χ1n) is 4.47. The Morgan fingerprint density at radius 3 is 3.00 bits per heavy atom. The summed E-state index contributed by atoms with van der Waals surface area (Å²) in [7, 11) is 0. The van der Waals surface area contributed by atoms with Crippen molar-refractivity contribution in [3.63, 3.8) is 0 Å². The van der Waals surface area contributed by atoms with Crippen LogP contribution in [0.5, 0.6) is 5.75 Å². The monoisotopic (exact) mass is 204 g/mol. The van der Waals surface area contributed by atoms with E-state index >= 15 is 0 Å². The quantitative estimate of drug-likeness (QED) is 0.591. The Bertz CT molecular complexity index is 380. The Hall–Kier alpha value is -2.03. The van der Waals surface area contributed by atoms with E-state index in [1.165, 1.54) is 6.08 Å². The molecule has 1 N–H and O–H groups in total. The molecule has 1 aromatic carbocycles. The normalized spacial score (nSPS) is 10.1. The molecule has 0 bridgehead atoms. The van der Waals surface area contributed by atoms with Crippen LogP contribution in [0.4, 0.5) is 0 Å². The molecule has 15 heavy (non-hydrogen) atoms. The molecule has 1 aromatic rings. The van der Waals surface area contributed by atoms with Gasteiger partial charge in [-0.25, -0.2) is 4.79 Å². The van der Waals surface area contributed by atoms with Gasteiger partial charge < -0.3 is 9.84 Å². The first-order valence-corrected chi connectivity index (χ1v) is 4.47. The largest absolute Gasteiger partial charge is 0.490 e. The number of carbonyl (C=O) groups is 1. The fourth-order valence-electron chi connectivity index (χ4n) is 1.03. The van der Waals surface area contributed by atoms with Crippen LogP contribution in [0.2, 0.25) is 0 Å². The maximum atomic E-state index is 10.3. The summed E-state index contributed by atoms with van der Waals surface area (Å²) in [5, 5.41) is 8.45. The van der Waals surface area contributed by atoms with Gasteiger partial charge in [-0.15, -0.1) is 0 Å². The van der Waals surface area contributed by atoms with Crippen molar-refractivity contribution in [1.29, 1.82) is 0 Å². The average Bonchev–Trinajstić information content (AvgIpc) is 2.24. The smallest absolute Gasteiger partial charge is 0.328 e. The number of carboxylic acid groups (broad SMARTS) is 1. The predicted molar refractivity (Wildman–Crippen MR) is 58.8 cm³/mol. The van der Waals surface area contributed by atoms with Gasteiger partial charge in [0, 0.05) is 6.08 Å².